The molecule has 0 saturated heterocycles. The molecule has 0 amide bonds. The van der Waals surface area contributed by atoms with Gasteiger partial charge in [-0.15, -0.1) is 0 Å². The lowest BCUT2D eigenvalue weighted by atomic mass is 10.1. The topological polar surface area (TPSA) is 25.8 Å². The van der Waals surface area contributed by atoms with Crippen LogP contribution in [0, 0.1) is 0 Å². The third kappa shape index (κ3) is 1.54. The van der Waals surface area contributed by atoms with E-state index in [9.17, 15) is 0 Å². The Balaban J connectivity index is 2.19. The highest BCUT2D eigenvalue weighted by molar-refractivity contribution is 5.81. The predicted molar refractivity (Wildman–Crippen MR) is 65.0 cm³/mol. The molecule has 2 heteroatoms. The number of para-hydroxylation sites is 1. The molecule has 0 radical (unpaired) electrons. The minimum atomic E-state index is 0.965. The summed E-state index contributed by atoms with van der Waals surface area (Å²) < 4.78 is 0. The highest BCUT2D eigenvalue weighted by Crippen LogP contribution is 2.19. The summed E-state index contributed by atoms with van der Waals surface area (Å²) >= 11 is 0. The molecule has 0 aliphatic rings. The first-order chi connectivity index (χ1) is 7.93. The van der Waals surface area contributed by atoms with Crippen LogP contribution < -0.4 is 0 Å². The Morgan fingerprint density at radius 3 is 2.62 bits per heavy atom. The van der Waals surface area contributed by atoms with E-state index in [4.69, 9.17) is 0 Å². The fourth-order valence-electron chi connectivity index (χ4n) is 1.74. The lowest BCUT2D eigenvalue weighted by Gasteiger charge is -2.02. The number of hydrogen-bond acceptors (Lipinski definition) is 2. The van der Waals surface area contributed by atoms with Crippen molar-refractivity contribution in [3.63, 3.8) is 0 Å². The molecule has 0 aliphatic heterocycles. The van der Waals surface area contributed by atoms with Gasteiger partial charge in [0.15, 0.2) is 0 Å². The van der Waals surface area contributed by atoms with Gasteiger partial charge in [0.25, 0.3) is 0 Å². The van der Waals surface area contributed by atoms with Crippen molar-refractivity contribution in [2.45, 2.75) is 0 Å². The molecule has 0 unspecified atom stereocenters. The van der Waals surface area contributed by atoms with Gasteiger partial charge in [0.2, 0.25) is 0 Å². The van der Waals surface area contributed by atoms with Crippen LogP contribution in [0.25, 0.3) is 22.2 Å². The normalized spacial score (nSPS) is 10.5. The summed E-state index contributed by atoms with van der Waals surface area (Å²) in [6.07, 6.45) is 3.60. The molecule has 0 aliphatic carbocycles. The molecule has 16 heavy (non-hydrogen) atoms. The molecular weight excluding hydrogens is 196 g/mol. The molecule has 0 saturated carbocycles. The van der Waals surface area contributed by atoms with Crippen molar-refractivity contribution < 1.29 is 0 Å². The van der Waals surface area contributed by atoms with E-state index < -0.39 is 0 Å². The van der Waals surface area contributed by atoms with Gasteiger partial charge in [0.1, 0.15) is 0 Å². The zero-order valence-corrected chi connectivity index (χ0v) is 8.67. The zero-order chi connectivity index (χ0) is 10.8. The van der Waals surface area contributed by atoms with Crippen molar-refractivity contribution >= 4 is 10.9 Å². The second kappa shape index (κ2) is 3.74. The number of benzene rings is 1. The highest BCUT2D eigenvalue weighted by Gasteiger charge is 2.00. The van der Waals surface area contributed by atoms with Crippen LogP contribution in [-0.2, 0) is 0 Å². The van der Waals surface area contributed by atoms with Crippen molar-refractivity contribution in [2.24, 2.45) is 0 Å². The maximum Gasteiger partial charge on any atom is 0.0725 e. The number of aromatic nitrogens is 2. The van der Waals surface area contributed by atoms with Crippen LogP contribution in [0.15, 0.2) is 60.9 Å². The van der Waals surface area contributed by atoms with Gasteiger partial charge in [-0.25, -0.2) is 4.98 Å². The third-order valence-corrected chi connectivity index (χ3v) is 2.56. The average molecular weight is 206 g/mol. The van der Waals surface area contributed by atoms with Gasteiger partial charge in [0, 0.05) is 23.3 Å². The summed E-state index contributed by atoms with van der Waals surface area (Å²) in [5.41, 5.74) is 3.03. The molecular formula is C14H10N2. The molecule has 2 heterocycles. The van der Waals surface area contributed by atoms with Crippen molar-refractivity contribution in [2.75, 3.05) is 0 Å². The standard InChI is InChI=1S/C14H10N2/c1-2-6-13-11(4-1)7-8-14(16-13)12-5-3-9-15-10-12/h1-10H. The van der Waals surface area contributed by atoms with Crippen LogP contribution in [-0.4, -0.2) is 9.97 Å². The summed E-state index contributed by atoms with van der Waals surface area (Å²) in [6, 6.07) is 16.2. The zero-order valence-electron chi connectivity index (χ0n) is 8.67. The van der Waals surface area contributed by atoms with E-state index in [1.807, 2.05) is 42.6 Å². The van der Waals surface area contributed by atoms with Gasteiger partial charge in [-0.05, 0) is 24.3 Å². The Hall–Kier alpha value is -2.22. The summed E-state index contributed by atoms with van der Waals surface area (Å²) in [6.45, 7) is 0. The van der Waals surface area contributed by atoms with E-state index in [0.717, 1.165) is 22.2 Å². The minimum absolute atomic E-state index is 0.965. The first-order valence-corrected chi connectivity index (χ1v) is 5.20. The first-order valence-electron chi connectivity index (χ1n) is 5.20. The molecule has 0 bridgehead atoms. The second-order valence-electron chi connectivity index (χ2n) is 3.63. The Morgan fingerprint density at radius 2 is 1.75 bits per heavy atom. The predicted octanol–water partition coefficient (Wildman–Crippen LogP) is 3.30. The van der Waals surface area contributed by atoms with E-state index in [1.54, 1.807) is 6.20 Å². The van der Waals surface area contributed by atoms with Crippen LogP contribution in [0.5, 0.6) is 0 Å². The van der Waals surface area contributed by atoms with E-state index in [0.29, 0.717) is 0 Å². The van der Waals surface area contributed by atoms with Gasteiger partial charge < -0.3 is 0 Å². The smallest absolute Gasteiger partial charge is 0.0725 e. The summed E-state index contributed by atoms with van der Waals surface area (Å²) in [4.78, 5) is 8.71. The second-order valence-corrected chi connectivity index (χ2v) is 3.63. The lowest BCUT2D eigenvalue weighted by molar-refractivity contribution is 1.30. The number of fused-ring (bicyclic) bond motifs is 1. The van der Waals surface area contributed by atoms with Gasteiger partial charge in [-0.3, -0.25) is 4.98 Å². The molecule has 3 rings (SSSR count). The maximum atomic E-state index is 4.61. The first kappa shape index (κ1) is 9.04. The molecule has 3 aromatic rings. The highest BCUT2D eigenvalue weighted by atomic mass is 14.7. The van der Waals surface area contributed by atoms with E-state index in [-0.39, 0.29) is 0 Å². The monoisotopic (exact) mass is 206 g/mol. The molecule has 2 aromatic heterocycles. The lowest BCUT2D eigenvalue weighted by Crippen LogP contribution is -1.85. The van der Waals surface area contributed by atoms with E-state index >= 15 is 0 Å². The van der Waals surface area contributed by atoms with Crippen LogP contribution in [0.1, 0.15) is 0 Å². The number of nitrogens with zero attached hydrogens (tertiary/aromatic N) is 2. The minimum Gasteiger partial charge on any atom is -0.264 e. The van der Waals surface area contributed by atoms with Crippen LogP contribution in [0.3, 0.4) is 0 Å². The largest absolute Gasteiger partial charge is 0.264 e. The van der Waals surface area contributed by atoms with E-state index in [1.165, 1.54) is 0 Å². The SMILES string of the molecule is c1cncc(-c2ccc3ccccc3n2)c1. The Morgan fingerprint density at radius 1 is 0.812 bits per heavy atom. The number of hydrogen-bond donors (Lipinski definition) is 0. The number of pyridine rings is 2. The van der Waals surface area contributed by atoms with Crippen molar-refractivity contribution in [3.05, 3.63) is 60.9 Å². The van der Waals surface area contributed by atoms with Gasteiger partial charge >= 0.3 is 0 Å². The Bertz CT molecular complexity index is 618. The van der Waals surface area contributed by atoms with Crippen LogP contribution in [0.4, 0.5) is 0 Å². The van der Waals surface area contributed by atoms with Gasteiger partial charge in [-0.2, -0.15) is 0 Å². The van der Waals surface area contributed by atoms with Gasteiger partial charge in [-0.1, -0.05) is 24.3 Å². The summed E-state index contributed by atoms with van der Waals surface area (Å²) in [5, 5.41) is 1.16. The Kier molecular flexibility index (Phi) is 2.11. The van der Waals surface area contributed by atoms with Crippen molar-refractivity contribution in [1.82, 2.24) is 9.97 Å². The molecule has 1 aromatic carbocycles. The Labute approximate surface area is 93.6 Å². The molecule has 0 fully saturated rings. The average Bonchev–Trinajstić information content (AvgIpc) is 2.39. The van der Waals surface area contributed by atoms with Crippen LogP contribution >= 0.6 is 0 Å². The van der Waals surface area contributed by atoms with Gasteiger partial charge in [0.05, 0.1) is 11.2 Å². The molecule has 2 nitrogen and oxygen atoms in total. The van der Waals surface area contributed by atoms with Crippen molar-refractivity contribution in [3.8, 4) is 11.3 Å². The van der Waals surface area contributed by atoms with Crippen molar-refractivity contribution in [1.29, 1.82) is 0 Å². The summed E-state index contributed by atoms with van der Waals surface area (Å²) in [5.74, 6) is 0. The molecule has 0 atom stereocenters. The fourth-order valence-corrected chi connectivity index (χ4v) is 1.74. The fraction of sp³-hybridized carbons (Fsp3) is 0. The third-order valence-electron chi connectivity index (χ3n) is 2.56. The molecule has 0 N–H and O–H groups in total. The number of rotatable bonds is 1. The summed E-state index contributed by atoms with van der Waals surface area (Å²) in [7, 11) is 0. The van der Waals surface area contributed by atoms with Crippen LogP contribution in [0.2, 0.25) is 0 Å². The molecule has 0 spiro atoms. The quantitative estimate of drug-likeness (QED) is 0.610. The molecule has 76 valence electrons. The maximum absolute atomic E-state index is 4.61. The van der Waals surface area contributed by atoms with E-state index in [2.05, 4.69) is 22.1 Å².